The predicted octanol–water partition coefficient (Wildman–Crippen LogP) is 1.79. The van der Waals surface area contributed by atoms with Gasteiger partial charge in [0.2, 0.25) is 0 Å². The topological polar surface area (TPSA) is 29.3 Å². The Morgan fingerprint density at radius 3 is 2.80 bits per heavy atom. The summed E-state index contributed by atoms with van der Waals surface area (Å²) in [5, 5.41) is 0. The fraction of sp³-hybridized carbons (Fsp3) is 0.538. The summed E-state index contributed by atoms with van der Waals surface area (Å²) in [7, 11) is 0. The minimum atomic E-state index is 0.544. The molecule has 3 rings (SSSR count). The van der Waals surface area contributed by atoms with Gasteiger partial charge in [-0.3, -0.25) is 0 Å². The van der Waals surface area contributed by atoms with E-state index < -0.39 is 0 Å². The lowest BCUT2D eigenvalue weighted by molar-refractivity contribution is 0.606. The lowest BCUT2D eigenvalue weighted by Gasteiger charge is -2.26. The van der Waals surface area contributed by atoms with Crippen molar-refractivity contribution in [1.82, 2.24) is 0 Å². The molecule has 0 spiro atoms. The number of nitrogens with zero attached hydrogens (tertiary/aromatic N) is 1. The zero-order chi connectivity index (χ0) is 10.3. The molecule has 1 aromatic carbocycles. The van der Waals surface area contributed by atoms with E-state index in [1.807, 2.05) is 0 Å². The molecule has 1 aliphatic heterocycles. The van der Waals surface area contributed by atoms with Gasteiger partial charge in [0.15, 0.2) is 0 Å². The standard InChI is InChI=1S/C13H18N2/c14-8-12-7-11-3-1-2-4-13(11)15(12)9-10-5-6-10/h1-4,10,12H,5-9,14H2. The van der Waals surface area contributed by atoms with Gasteiger partial charge >= 0.3 is 0 Å². The van der Waals surface area contributed by atoms with E-state index in [1.165, 1.54) is 30.6 Å². The normalized spacial score (nSPS) is 24.3. The Hall–Kier alpha value is -1.02. The van der Waals surface area contributed by atoms with E-state index in [4.69, 9.17) is 5.73 Å². The third-order valence-electron chi connectivity index (χ3n) is 3.62. The maximum atomic E-state index is 5.86. The summed E-state index contributed by atoms with van der Waals surface area (Å²) in [5.74, 6) is 0.935. The molecule has 1 heterocycles. The number of hydrogen-bond donors (Lipinski definition) is 1. The predicted molar refractivity (Wildman–Crippen MR) is 63.1 cm³/mol. The molecule has 0 radical (unpaired) electrons. The molecule has 1 saturated carbocycles. The van der Waals surface area contributed by atoms with Crippen LogP contribution < -0.4 is 10.6 Å². The van der Waals surface area contributed by atoms with Gasteiger partial charge in [-0.1, -0.05) is 18.2 Å². The lowest BCUT2D eigenvalue weighted by Crippen LogP contribution is -2.39. The molecule has 0 saturated heterocycles. The van der Waals surface area contributed by atoms with Crippen molar-refractivity contribution in [2.75, 3.05) is 18.0 Å². The smallest absolute Gasteiger partial charge is 0.0453 e. The van der Waals surface area contributed by atoms with Crippen LogP contribution >= 0.6 is 0 Å². The van der Waals surface area contributed by atoms with Gasteiger partial charge in [-0.25, -0.2) is 0 Å². The van der Waals surface area contributed by atoms with Crippen LogP contribution in [0.4, 0.5) is 5.69 Å². The third-order valence-corrected chi connectivity index (χ3v) is 3.62. The molecule has 80 valence electrons. The van der Waals surface area contributed by atoms with E-state index in [2.05, 4.69) is 29.2 Å². The first-order chi connectivity index (χ1) is 7.38. The number of benzene rings is 1. The van der Waals surface area contributed by atoms with E-state index in [0.29, 0.717) is 6.04 Å². The molecular weight excluding hydrogens is 184 g/mol. The first-order valence-electron chi connectivity index (χ1n) is 5.93. The quantitative estimate of drug-likeness (QED) is 0.809. The van der Waals surface area contributed by atoms with Gasteiger partial charge in [-0.05, 0) is 36.8 Å². The van der Waals surface area contributed by atoms with Crippen LogP contribution in [0.1, 0.15) is 18.4 Å². The van der Waals surface area contributed by atoms with Crippen LogP contribution in [0.15, 0.2) is 24.3 Å². The Balaban J connectivity index is 1.87. The van der Waals surface area contributed by atoms with E-state index >= 15 is 0 Å². The highest BCUT2D eigenvalue weighted by Crippen LogP contribution is 2.37. The summed E-state index contributed by atoms with van der Waals surface area (Å²) < 4.78 is 0. The molecule has 2 nitrogen and oxygen atoms in total. The monoisotopic (exact) mass is 202 g/mol. The fourth-order valence-electron chi connectivity index (χ4n) is 2.56. The summed E-state index contributed by atoms with van der Waals surface area (Å²) in [4.78, 5) is 2.53. The van der Waals surface area contributed by atoms with Gasteiger partial charge in [0.05, 0.1) is 0 Å². The summed E-state index contributed by atoms with van der Waals surface area (Å²) in [6.45, 7) is 2.00. The zero-order valence-electron chi connectivity index (χ0n) is 9.02. The van der Waals surface area contributed by atoms with E-state index in [1.54, 1.807) is 0 Å². The number of fused-ring (bicyclic) bond motifs is 1. The van der Waals surface area contributed by atoms with Crippen LogP contribution in [-0.2, 0) is 6.42 Å². The third kappa shape index (κ3) is 1.63. The van der Waals surface area contributed by atoms with E-state index in [9.17, 15) is 0 Å². The molecule has 0 bridgehead atoms. The van der Waals surface area contributed by atoms with Gasteiger partial charge in [0.1, 0.15) is 0 Å². The lowest BCUT2D eigenvalue weighted by atomic mass is 10.1. The molecule has 1 unspecified atom stereocenters. The highest BCUT2D eigenvalue weighted by molar-refractivity contribution is 5.59. The van der Waals surface area contributed by atoms with Crippen LogP contribution in [-0.4, -0.2) is 19.1 Å². The Bertz CT molecular complexity index is 357. The minimum absolute atomic E-state index is 0.544. The SMILES string of the molecule is NCC1Cc2ccccc2N1CC1CC1. The molecule has 1 aliphatic carbocycles. The fourth-order valence-corrected chi connectivity index (χ4v) is 2.56. The van der Waals surface area contributed by atoms with Gasteiger partial charge in [-0.15, -0.1) is 0 Å². The maximum Gasteiger partial charge on any atom is 0.0453 e. The Morgan fingerprint density at radius 2 is 2.07 bits per heavy atom. The maximum absolute atomic E-state index is 5.86. The molecule has 1 atom stereocenters. The van der Waals surface area contributed by atoms with Gasteiger partial charge in [0, 0.05) is 24.8 Å². The van der Waals surface area contributed by atoms with Crippen LogP contribution in [0.25, 0.3) is 0 Å². The first kappa shape index (κ1) is 9.22. The highest BCUT2D eigenvalue weighted by Gasteiger charge is 2.32. The van der Waals surface area contributed by atoms with Crippen LogP contribution in [0.2, 0.25) is 0 Å². The summed E-state index contributed by atoms with van der Waals surface area (Å²) in [5.41, 5.74) is 8.77. The van der Waals surface area contributed by atoms with Crippen molar-refractivity contribution in [3.63, 3.8) is 0 Å². The second kappa shape index (κ2) is 3.53. The molecule has 0 aromatic heterocycles. The first-order valence-corrected chi connectivity index (χ1v) is 5.93. The average Bonchev–Trinajstić information content (AvgIpc) is 3.01. The van der Waals surface area contributed by atoms with Crippen molar-refractivity contribution in [2.45, 2.75) is 25.3 Å². The summed E-state index contributed by atoms with van der Waals surface area (Å²) in [6.07, 6.45) is 3.96. The molecule has 1 aromatic rings. The van der Waals surface area contributed by atoms with Gasteiger partial charge in [0.25, 0.3) is 0 Å². The van der Waals surface area contributed by atoms with Crippen molar-refractivity contribution in [1.29, 1.82) is 0 Å². The Labute approximate surface area is 91.1 Å². The zero-order valence-corrected chi connectivity index (χ0v) is 9.02. The van der Waals surface area contributed by atoms with Gasteiger partial charge in [-0.2, -0.15) is 0 Å². The van der Waals surface area contributed by atoms with Crippen LogP contribution in [0, 0.1) is 5.92 Å². The van der Waals surface area contributed by atoms with E-state index in [-0.39, 0.29) is 0 Å². The summed E-state index contributed by atoms with van der Waals surface area (Å²) in [6, 6.07) is 9.30. The number of nitrogens with two attached hydrogens (primary N) is 1. The average molecular weight is 202 g/mol. The number of hydrogen-bond acceptors (Lipinski definition) is 2. The second-order valence-electron chi connectivity index (χ2n) is 4.82. The molecule has 2 N–H and O–H groups in total. The molecule has 2 aliphatic rings. The van der Waals surface area contributed by atoms with Crippen LogP contribution in [0.5, 0.6) is 0 Å². The van der Waals surface area contributed by atoms with E-state index in [0.717, 1.165) is 18.9 Å². The van der Waals surface area contributed by atoms with Crippen molar-refractivity contribution in [2.24, 2.45) is 11.7 Å². The van der Waals surface area contributed by atoms with Crippen molar-refractivity contribution in [3.05, 3.63) is 29.8 Å². The number of rotatable bonds is 3. The van der Waals surface area contributed by atoms with Crippen molar-refractivity contribution in [3.8, 4) is 0 Å². The molecule has 0 amide bonds. The molecule has 1 fully saturated rings. The Kier molecular flexibility index (Phi) is 2.17. The highest BCUT2D eigenvalue weighted by atomic mass is 15.2. The number of anilines is 1. The molecule has 2 heteroatoms. The molecule has 15 heavy (non-hydrogen) atoms. The van der Waals surface area contributed by atoms with Crippen LogP contribution in [0.3, 0.4) is 0 Å². The molecular formula is C13H18N2. The largest absolute Gasteiger partial charge is 0.366 e. The summed E-state index contributed by atoms with van der Waals surface area (Å²) >= 11 is 0. The minimum Gasteiger partial charge on any atom is -0.366 e. The van der Waals surface area contributed by atoms with Crippen molar-refractivity contribution < 1.29 is 0 Å². The van der Waals surface area contributed by atoms with Gasteiger partial charge < -0.3 is 10.6 Å². The second-order valence-corrected chi connectivity index (χ2v) is 4.82. The number of para-hydroxylation sites is 1. The van der Waals surface area contributed by atoms with Crippen molar-refractivity contribution >= 4 is 5.69 Å². The Morgan fingerprint density at radius 1 is 1.27 bits per heavy atom.